The van der Waals surface area contributed by atoms with E-state index in [1.54, 1.807) is 7.05 Å². The van der Waals surface area contributed by atoms with E-state index < -0.39 is 0 Å². The Bertz CT molecular complexity index is 184. The fourth-order valence-corrected chi connectivity index (χ4v) is 2.33. The van der Waals surface area contributed by atoms with E-state index in [0.717, 1.165) is 11.0 Å². The van der Waals surface area contributed by atoms with E-state index in [-0.39, 0.29) is 5.91 Å². The molecular formula is C11H23N2O+. The standard InChI is InChI=1S/C11H22N2O/c1-3-13(10-11(14)12-2)8-6-4-5-7-9-13/h3-10H2,1-2H3/p+1. The van der Waals surface area contributed by atoms with Crippen LogP contribution in [0.3, 0.4) is 0 Å². The molecule has 0 atom stereocenters. The van der Waals surface area contributed by atoms with Crippen LogP contribution in [0.2, 0.25) is 0 Å². The number of carbonyl (C=O) groups excluding carboxylic acids is 1. The van der Waals surface area contributed by atoms with Gasteiger partial charge in [-0.2, -0.15) is 0 Å². The van der Waals surface area contributed by atoms with Gasteiger partial charge in [-0.15, -0.1) is 0 Å². The highest BCUT2D eigenvalue weighted by Crippen LogP contribution is 2.17. The summed E-state index contributed by atoms with van der Waals surface area (Å²) in [5, 5.41) is 2.74. The molecule has 1 N–H and O–H groups in total. The van der Waals surface area contributed by atoms with Crippen LogP contribution in [0, 0.1) is 0 Å². The number of rotatable bonds is 3. The molecule has 1 saturated heterocycles. The second-order valence-electron chi connectivity index (χ2n) is 4.35. The molecular weight excluding hydrogens is 176 g/mol. The quantitative estimate of drug-likeness (QED) is 0.679. The highest BCUT2D eigenvalue weighted by Gasteiger charge is 2.28. The Morgan fingerprint density at radius 3 is 2.21 bits per heavy atom. The van der Waals surface area contributed by atoms with Crippen molar-refractivity contribution in [1.82, 2.24) is 5.32 Å². The molecule has 82 valence electrons. The first-order chi connectivity index (χ1) is 6.72. The highest BCUT2D eigenvalue weighted by molar-refractivity contribution is 5.76. The lowest BCUT2D eigenvalue weighted by molar-refractivity contribution is -0.918. The molecule has 1 aliphatic heterocycles. The Kier molecular flexibility index (Phi) is 4.39. The number of amides is 1. The zero-order valence-electron chi connectivity index (χ0n) is 9.51. The maximum absolute atomic E-state index is 11.4. The topological polar surface area (TPSA) is 29.1 Å². The summed E-state index contributed by atoms with van der Waals surface area (Å²) in [6.07, 6.45) is 5.25. The third-order valence-corrected chi connectivity index (χ3v) is 3.44. The molecule has 0 saturated carbocycles. The van der Waals surface area contributed by atoms with Crippen molar-refractivity contribution in [2.45, 2.75) is 32.6 Å². The van der Waals surface area contributed by atoms with Crippen molar-refractivity contribution < 1.29 is 9.28 Å². The van der Waals surface area contributed by atoms with Crippen LogP contribution in [-0.2, 0) is 4.79 Å². The fourth-order valence-electron chi connectivity index (χ4n) is 2.33. The average Bonchev–Trinajstić information content (AvgIpc) is 2.44. The molecule has 3 nitrogen and oxygen atoms in total. The number of likely N-dealkylation sites (tertiary alicyclic amines) is 1. The third kappa shape index (κ3) is 2.98. The molecule has 1 rings (SSSR count). The van der Waals surface area contributed by atoms with Crippen molar-refractivity contribution in [2.24, 2.45) is 0 Å². The zero-order valence-corrected chi connectivity index (χ0v) is 9.51. The lowest BCUT2D eigenvalue weighted by Gasteiger charge is -2.35. The van der Waals surface area contributed by atoms with Crippen LogP contribution in [0.5, 0.6) is 0 Å². The largest absolute Gasteiger partial charge is 0.354 e. The Morgan fingerprint density at radius 2 is 1.79 bits per heavy atom. The van der Waals surface area contributed by atoms with Gasteiger partial charge in [0.25, 0.3) is 5.91 Å². The lowest BCUT2D eigenvalue weighted by atomic mass is 10.2. The average molecular weight is 199 g/mol. The lowest BCUT2D eigenvalue weighted by Crippen LogP contribution is -2.53. The van der Waals surface area contributed by atoms with E-state index in [0.29, 0.717) is 6.54 Å². The van der Waals surface area contributed by atoms with Gasteiger partial charge in [-0.3, -0.25) is 4.79 Å². The summed E-state index contributed by atoms with van der Waals surface area (Å²) in [6.45, 7) is 6.34. The normalized spacial score (nSPS) is 21.3. The van der Waals surface area contributed by atoms with Gasteiger partial charge >= 0.3 is 0 Å². The summed E-state index contributed by atoms with van der Waals surface area (Å²) < 4.78 is 1.000. The summed E-state index contributed by atoms with van der Waals surface area (Å²) in [7, 11) is 1.73. The molecule has 0 aromatic heterocycles. The first-order valence-corrected chi connectivity index (χ1v) is 5.78. The molecule has 14 heavy (non-hydrogen) atoms. The molecule has 0 spiro atoms. The zero-order chi connectivity index (χ0) is 10.4. The molecule has 0 aliphatic carbocycles. The van der Waals surface area contributed by atoms with Crippen molar-refractivity contribution in [3.8, 4) is 0 Å². The monoisotopic (exact) mass is 199 g/mol. The Labute approximate surface area is 87.1 Å². The minimum Gasteiger partial charge on any atom is -0.354 e. The third-order valence-electron chi connectivity index (χ3n) is 3.44. The molecule has 3 heteroatoms. The second-order valence-corrected chi connectivity index (χ2v) is 4.35. The Balaban J connectivity index is 2.57. The van der Waals surface area contributed by atoms with Gasteiger partial charge in [0.2, 0.25) is 0 Å². The van der Waals surface area contributed by atoms with Crippen LogP contribution in [-0.4, -0.2) is 43.6 Å². The number of carbonyl (C=O) groups is 1. The van der Waals surface area contributed by atoms with Crippen LogP contribution in [0.4, 0.5) is 0 Å². The Hall–Kier alpha value is -0.570. The fraction of sp³-hybridized carbons (Fsp3) is 0.909. The number of nitrogens with zero attached hydrogens (tertiary/aromatic N) is 1. The maximum atomic E-state index is 11.4. The van der Waals surface area contributed by atoms with Gasteiger partial charge in [-0.1, -0.05) is 0 Å². The molecule has 0 bridgehead atoms. The molecule has 0 aromatic rings. The Morgan fingerprint density at radius 1 is 1.21 bits per heavy atom. The van der Waals surface area contributed by atoms with Crippen LogP contribution < -0.4 is 5.32 Å². The van der Waals surface area contributed by atoms with Crippen LogP contribution >= 0.6 is 0 Å². The molecule has 0 unspecified atom stereocenters. The summed E-state index contributed by atoms with van der Waals surface area (Å²) in [6, 6.07) is 0. The van der Waals surface area contributed by atoms with Gasteiger partial charge in [0.15, 0.2) is 6.54 Å². The van der Waals surface area contributed by atoms with E-state index in [1.807, 2.05) is 0 Å². The first-order valence-electron chi connectivity index (χ1n) is 5.78. The minimum absolute atomic E-state index is 0.189. The SMILES string of the molecule is CC[N+]1(CC(=O)NC)CCCCCC1. The van der Waals surface area contributed by atoms with Gasteiger partial charge in [0.05, 0.1) is 19.6 Å². The number of nitrogens with one attached hydrogen (secondary N) is 1. The van der Waals surface area contributed by atoms with Gasteiger partial charge in [0.1, 0.15) is 0 Å². The number of hydrogen-bond donors (Lipinski definition) is 1. The van der Waals surface area contributed by atoms with Gasteiger partial charge in [0, 0.05) is 7.05 Å². The second kappa shape index (κ2) is 5.35. The van der Waals surface area contributed by atoms with Gasteiger partial charge in [-0.05, 0) is 32.6 Å². The van der Waals surface area contributed by atoms with Crippen LogP contribution in [0.25, 0.3) is 0 Å². The summed E-state index contributed by atoms with van der Waals surface area (Å²) in [5.41, 5.74) is 0. The van der Waals surface area contributed by atoms with E-state index in [1.165, 1.54) is 38.8 Å². The first kappa shape index (κ1) is 11.5. The van der Waals surface area contributed by atoms with Crippen molar-refractivity contribution in [2.75, 3.05) is 33.2 Å². The smallest absolute Gasteiger partial charge is 0.275 e. The molecule has 1 amide bonds. The van der Waals surface area contributed by atoms with Crippen molar-refractivity contribution >= 4 is 5.91 Å². The molecule has 0 radical (unpaired) electrons. The minimum atomic E-state index is 0.189. The van der Waals surface area contributed by atoms with Crippen molar-refractivity contribution in [3.63, 3.8) is 0 Å². The van der Waals surface area contributed by atoms with Crippen molar-refractivity contribution in [3.05, 3.63) is 0 Å². The number of hydrogen-bond acceptors (Lipinski definition) is 1. The molecule has 1 aliphatic rings. The highest BCUT2D eigenvalue weighted by atomic mass is 16.2. The van der Waals surface area contributed by atoms with Gasteiger partial charge < -0.3 is 9.80 Å². The summed E-state index contributed by atoms with van der Waals surface area (Å²) >= 11 is 0. The summed E-state index contributed by atoms with van der Waals surface area (Å²) in [4.78, 5) is 11.4. The maximum Gasteiger partial charge on any atom is 0.275 e. The predicted octanol–water partition coefficient (Wildman–Crippen LogP) is 1.14. The number of likely N-dealkylation sites (N-methyl/N-ethyl adjacent to an activating group) is 2. The van der Waals surface area contributed by atoms with E-state index >= 15 is 0 Å². The predicted molar refractivity (Wildman–Crippen MR) is 57.9 cm³/mol. The van der Waals surface area contributed by atoms with Crippen LogP contribution in [0.1, 0.15) is 32.6 Å². The molecule has 1 fully saturated rings. The molecule has 0 aromatic carbocycles. The van der Waals surface area contributed by atoms with Crippen molar-refractivity contribution in [1.29, 1.82) is 0 Å². The number of quaternary nitrogens is 1. The molecule has 1 heterocycles. The van der Waals surface area contributed by atoms with E-state index in [2.05, 4.69) is 12.2 Å². The van der Waals surface area contributed by atoms with Gasteiger partial charge in [-0.25, -0.2) is 0 Å². The van der Waals surface area contributed by atoms with E-state index in [4.69, 9.17) is 0 Å². The van der Waals surface area contributed by atoms with Crippen LogP contribution in [0.15, 0.2) is 0 Å². The summed E-state index contributed by atoms with van der Waals surface area (Å²) in [5.74, 6) is 0.189. The van der Waals surface area contributed by atoms with E-state index in [9.17, 15) is 4.79 Å².